The van der Waals surface area contributed by atoms with E-state index in [0.29, 0.717) is 12.3 Å². The molecule has 0 saturated carbocycles. The molecule has 0 saturated heterocycles. The second-order valence-electron chi connectivity index (χ2n) is 9.98. The average molecular weight is 457 g/mol. The molecule has 32 heavy (non-hydrogen) atoms. The van der Waals surface area contributed by atoms with Crippen molar-refractivity contribution in [2.75, 3.05) is 0 Å². The van der Waals surface area contributed by atoms with E-state index >= 15 is 0 Å². The van der Waals surface area contributed by atoms with E-state index in [2.05, 4.69) is 44.2 Å². The van der Waals surface area contributed by atoms with Gasteiger partial charge in [-0.3, -0.25) is 10.3 Å². The van der Waals surface area contributed by atoms with Gasteiger partial charge in [-0.2, -0.15) is 0 Å². The molecular weight excluding hydrogens is 420 g/mol. The minimum absolute atomic E-state index is 0.0375. The topological polar surface area (TPSA) is 98.8 Å². The molecule has 0 fully saturated rings. The zero-order valence-electron chi connectivity index (χ0n) is 20.4. The number of hydrogen-bond donors (Lipinski definition) is 2. The summed E-state index contributed by atoms with van der Waals surface area (Å²) in [6.45, 7) is 16.8. The highest BCUT2D eigenvalue weighted by molar-refractivity contribution is 6.48. The van der Waals surface area contributed by atoms with Gasteiger partial charge in [-0.1, -0.05) is 32.9 Å². The third-order valence-electron chi connectivity index (χ3n) is 4.36. The maximum atomic E-state index is 11.9. The van der Waals surface area contributed by atoms with Gasteiger partial charge in [0.15, 0.2) is 9.04 Å². The number of benzene rings is 1. The second kappa shape index (κ2) is 10.3. The van der Waals surface area contributed by atoms with Crippen LogP contribution >= 0.6 is 0 Å². The Labute approximate surface area is 193 Å². The van der Waals surface area contributed by atoms with Crippen LogP contribution in [0.25, 0.3) is 11.3 Å². The Morgan fingerprint density at radius 2 is 1.84 bits per heavy atom. The number of pyridine rings is 1. The van der Waals surface area contributed by atoms with E-state index in [-0.39, 0.29) is 11.4 Å². The average Bonchev–Trinajstić information content (AvgIpc) is 2.63. The summed E-state index contributed by atoms with van der Waals surface area (Å²) in [6.07, 6.45) is 1.17. The standard InChI is InChI=1S/C24H36N4O3Si/c1-23(2,3)19-17(15-30-32(7)8)12-13-26-20(19)16-10-9-11-18(14-16)27-21(25)28-22(29)31-24(4,5)6/h9-14,32H,15H2,1-8H3,(H3,25,27,28,29). The Kier molecular flexibility index (Phi) is 8.20. The van der Waals surface area contributed by atoms with Crippen LogP contribution in [0.5, 0.6) is 0 Å². The molecule has 0 aliphatic rings. The van der Waals surface area contributed by atoms with E-state index in [1.165, 1.54) is 0 Å². The molecule has 2 rings (SSSR count). The molecule has 0 radical (unpaired) electrons. The molecule has 0 aliphatic carbocycles. The number of carbonyl (C=O) groups is 1. The van der Waals surface area contributed by atoms with E-state index in [1.807, 2.05) is 36.5 Å². The van der Waals surface area contributed by atoms with Crippen molar-refractivity contribution >= 4 is 26.8 Å². The molecule has 0 atom stereocenters. The van der Waals surface area contributed by atoms with Gasteiger partial charge in [0.2, 0.25) is 5.96 Å². The van der Waals surface area contributed by atoms with Crippen LogP contribution in [0.1, 0.15) is 52.7 Å². The molecule has 1 heterocycles. The van der Waals surface area contributed by atoms with Crippen molar-refractivity contribution in [3.63, 3.8) is 0 Å². The van der Waals surface area contributed by atoms with Crippen molar-refractivity contribution in [2.24, 2.45) is 10.7 Å². The van der Waals surface area contributed by atoms with Crippen LogP contribution in [0.4, 0.5) is 10.5 Å². The van der Waals surface area contributed by atoms with Gasteiger partial charge < -0.3 is 14.9 Å². The molecule has 0 spiro atoms. The molecule has 174 valence electrons. The van der Waals surface area contributed by atoms with Crippen LogP contribution in [0, 0.1) is 0 Å². The lowest BCUT2D eigenvalue weighted by molar-refractivity contribution is 0.0562. The van der Waals surface area contributed by atoms with Gasteiger partial charge in [-0.05, 0) is 68.6 Å². The Hall–Kier alpha value is -2.71. The van der Waals surface area contributed by atoms with E-state index < -0.39 is 20.7 Å². The lowest BCUT2D eigenvalue weighted by Crippen LogP contribution is -2.40. The number of aliphatic imine (C=N–C) groups is 1. The zero-order valence-corrected chi connectivity index (χ0v) is 21.6. The molecular formula is C24H36N4O3Si. The van der Waals surface area contributed by atoms with Crippen molar-refractivity contribution in [1.82, 2.24) is 10.3 Å². The first kappa shape index (κ1) is 25.5. The van der Waals surface area contributed by atoms with Crippen molar-refractivity contribution in [3.8, 4) is 11.3 Å². The molecule has 0 unspecified atom stereocenters. The van der Waals surface area contributed by atoms with E-state index in [9.17, 15) is 4.79 Å². The number of amides is 1. The van der Waals surface area contributed by atoms with Crippen molar-refractivity contribution in [3.05, 3.63) is 47.7 Å². The molecule has 8 heteroatoms. The molecule has 2 aromatic rings. The minimum atomic E-state index is -1.15. The first-order valence-electron chi connectivity index (χ1n) is 10.8. The minimum Gasteiger partial charge on any atom is -0.444 e. The number of nitrogens with zero attached hydrogens (tertiary/aromatic N) is 2. The third kappa shape index (κ3) is 7.76. The van der Waals surface area contributed by atoms with Crippen LogP contribution in [0.15, 0.2) is 41.5 Å². The normalized spacial score (nSPS) is 12.7. The quantitative estimate of drug-likeness (QED) is 0.374. The summed E-state index contributed by atoms with van der Waals surface area (Å²) >= 11 is 0. The molecule has 1 aromatic carbocycles. The van der Waals surface area contributed by atoms with Crippen molar-refractivity contribution in [2.45, 2.75) is 72.3 Å². The fourth-order valence-corrected chi connectivity index (χ4v) is 3.75. The Bertz CT molecular complexity index is 976. The van der Waals surface area contributed by atoms with Crippen LogP contribution < -0.4 is 11.1 Å². The zero-order chi connectivity index (χ0) is 24.1. The highest BCUT2D eigenvalue weighted by Gasteiger charge is 2.24. The summed E-state index contributed by atoms with van der Waals surface area (Å²) in [4.78, 5) is 21.0. The first-order chi connectivity index (χ1) is 14.8. The number of guanidine groups is 1. The number of ether oxygens (including phenoxy) is 1. The van der Waals surface area contributed by atoms with E-state index in [4.69, 9.17) is 19.9 Å². The summed E-state index contributed by atoms with van der Waals surface area (Å²) in [5, 5.41) is 2.45. The first-order valence-corrected chi connectivity index (χ1v) is 13.6. The van der Waals surface area contributed by atoms with Gasteiger partial charge in [0.25, 0.3) is 0 Å². The smallest absolute Gasteiger partial charge is 0.414 e. The van der Waals surface area contributed by atoms with E-state index in [0.717, 1.165) is 22.4 Å². The van der Waals surface area contributed by atoms with Gasteiger partial charge in [-0.15, -0.1) is 0 Å². The third-order valence-corrected chi connectivity index (χ3v) is 5.19. The molecule has 7 nitrogen and oxygen atoms in total. The fourth-order valence-electron chi connectivity index (χ4n) is 3.23. The number of nitrogens with one attached hydrogen (secondary N) is 1. The van der Waals surface area contributed by atoms with E-state index in [1.54, 1.807) is 20.8 Å². The summed E-state index contributed by atoms with van der Waals surface area (Å²) < 4.78 is 11.2. The predicted molar refractivity (Wildman–Crippen MR) is 133 cm³/mol. The number of aromatic nitrogens is 1. The lowest BCUT2D eigenvalue weighted by Gasteiger charge is -2.26. The van der Waals surface area contributed by atoms with Crippen LogP contribution in [-0.4, -0.2) is 31.7 Å². The lowest BCUT2D eigenvalue weighted by atomic mass is 9.81. The number of carbonyl (C=O) groups excluding carboxylic acids is 1. The molecule has 3 N–H and O–H groups in total. The molecule has 1 amide bonds. The largest absolute Gasteiger partial charge is 0.444 e. The summed E-state index contributed by atoms with van der Waals surface area (Å²) in [7, 11) is -1.15. The molecule has 1 aromatic heterocycles. The Morgan fingerprint density at radius 3 is 2.44 bits per heavy atom. The maximum absolute atomic E-state index is 11.9. The van der Waals surface area contributed by atoms with Gasteiger partial charge in [-0.25, -0.2) is 9.79 Å². The molecule has 0 bridgehead atoms. The number of rotatable bonds is 5. The van der Waals surface area contributed by atoms with Crippen molar-refractivity contribution < 1.29 is 14.0 Å². The maximum Gasteiger partial charge on any atom is 0.414 e. The Balaban J connectivity index is 2.39. The number of alkyl carbamates (subject to hydrolysis) is 1. The summed E-state index contributed by atoms with van der Waals surface area (Å²) in [6, 6.07) is 9.65. The van der Waals surface area contributed by atoms with Crippen LogP contribution in [0.3, 0.4) is 0 Å². The predicted octanol–water partition coefficient (Wildman–Crippen LogP) is 5.02. The highest BCUT2D eigenvalue weighted by atomic mass is 28.3. The SMILES string of the molecule is C[SiH](C)OCc1ccnc(-c2cccc(/N=C(\N)NC(=O)OC(C)(C)C)c2)c1C(C)(C)C. The summed E-state index contributed by atoms with van der Waals surface area (Å²) in [5.74, 6) is -0.0375. The second-order valence-corrected chi connectivity index (χ2v) is 12.4. The highest BCUT2D eigenvalue weighted by Crippen LogP contribution is 2.35. The number of hydrogen-bond acceptors (Lipinski definition) is 5. The van der Waals surface area contributed by atoms with Gasteiger partial charge in [0.1, 0.15) is 5.60 Å². The summed E-state index contributed by atoms with van der Waals surface area (Å²) in [5.41, 5.74) is 9.88. The Morgan fingerprint density at radius 1 is 1.16 bits per heavy atom. The van der Waals surface area contributed by atoms with Gasteiger partial charge in [0, 0.05) is 11.8 Å². The van der Waals surface area contributed by atoms with Crippen LogP contribution in [0.2, 0.25) is 13.1 Å². The fraction of sp³-hybridized carbons (Fsp3) is 0.458. The van der Waals surface area contributed by atoms with Gasteiger partial charge >= 0.3 is 6.09 Å². The number of nitrogens with two attached hydrogens (primary N) is 1. The van der Waals surface area contributed by atoms with Crippen molar-refractivity contribution in [1.29, 1.82) is 0 Å². The van der Waals surface area contributed by atoms with Crippen LogP contribution in [-0.2, 0) is 21.2 Å². The molecule has 0 aliphatic heterocycles. The van der Waals surface area contributed by atoms with Gasteiger partial charge in [0.05, 0.1) is 18.0 Å². The monoisotopic (exact) mass is 456 g/mol.